The Morgan fingerprint density at radius 2 is 1.79 bits per heavy atom. The summed E-state index contributed by atoms with van der Waals surface area (Å²) in [6.45, 7) is -0.286. The van der Waals surface area contributed by atoms with Crippen LogP contribution in [0.5, 0.6) is 0 Å². The highest BCUT2D eigenvalue weighted by Gasteiger charge is 2.55. The minimum atomic E-state index is -1.01. The van der Waals surface area contributed by atoms with E-state index in [0.29, 0.717) is 21.4 Å². The van der Waals surface area contributed by atoms with Crippen molar-refractivity contribution in [2.24, 2.45) is 10.3 Å². The van der Waals surface area contributed by atoms with Gasteiger partial charge in [-0.3, -0.25) is 19.4 Å². The van der Waals surface area contributed by atoms with Crippen molar-refractivity contribution in [1.29, 1.82) is 0 Å². The van der Waals surface area contributed by atoms with Crippen molar-refractivity contribution in [3.63, 3.8) is 0 Å². The molecule has 1 saturated heterocycles. The lowest BCUT2D eigenvalue weighted by molar-refractivity contribution is -0.123. The van der Waals surface area contributed by atoms with E-state index in [4.69, 9.17) is 34.8 Å². The highest BCUT2D eigenvalue weighted by molar-refractivity contribution is 6.36. The van der Waals surface area contributed by atoms with Crippen molar-refractivity contribution in [3.8, 4) is 0 Å². The summed E-state index contributed by atoms with van der Waals surface area (Å²) in [5, 5.41) is 12.6. The molecule has 0 bridgehead atoms. The predicted octanol–water partition coefficient (Wildman–Crippen LogP) is 3.58. The number of nitrogens with one attached hydrogen (secondary N) is 1. The van der Waals surface area contributed by atoms with E-state index in [2.05, 4.69) is 15.7 Å². The molecule has 2 aliphatic heterocycles. The van der Waals surface area contributed by atoms with Gasteiger partial charge in [-0.25, -0.2) is 4.90 Å². The van der Waals surface area contributed by atoms with Crippen LogP contribution >= 0.6 is 34.8 Å². The van der Waals surface area contributed by atoms with Gasteiger partial charge in [-0.15, -0.1) is 0 Å². The Morgan fingerprint density at radius 1 is 1.03 bits per heavy atom. The standard InChI is InChI=1S/C18H12Cl3N5O3/c19-9-2-1-3-11(6-9)26-17(28)15-16(18(26)29)25(24-23-15)8-14(27)22-13-5-4-10(20)7-12(13)21/h1-7,15-16H,8H2,(H,22,27)/t15-,16-/m0/s1. The molecule has 0 radical (unpaired) electrons. The van der Waals surface area contributed by atoms with E-state index in [1.54, 1.807) is 30.3 Å². The number of amides is 3. The summed E-state index contributed by atoms with van der Waals surface area (Å²) in [7, 11) is 0. The summed E-state index contributed by atoms with van der Waals surface area (Å²) in [4.78, 5) is 39.0. The van der Waals surface area contributed by atoms with Crippen LogP contribution in [0.3, 0.4) is 0 Å². The molecule has 4 rings (SSSR count). The monoisotopic (exact) mass is 451 g/mol. The third-order valence-electron chi connectivity index (χ3n) is 4.44. The van der Waals surface area contributed by atoms with Crippen molar-refractivity contribution >= 4 is 63.9 Å². The van der Waals surface area contributed by atoms with Crippen LogP contribution in [0, 0.1) is 0 Å². The van der Waals surface area contributed by atoms with E-state index in [1.165, 1.54) is 17.1 Å². The van der Waals surface area contributed by atoms with Gasteiger partial charge >= 0.3 is 0 Å². The Kier molecular flexibility index (Phi) is 5.16. The molecule has 2 heterocycles. The Balaban J connectivity index is 1.49. The van der Waals surface area contributed by atoms with Crippen molar-refractivity contribution in [1.82, 2.24) is 5.01 Å². The van der Waals surface area contributed by atoms with Crippen LogP contribution in [0.25, 0.3) is 0 Å². The first-order chi connectivity index (χ1) is 13.8. The molecule has 0 unspecified atom stereocenters. The van der Waals surface area contributed by atoms with Gasteiger partial charge < -0.3 is 5.32 Å². The Labute approximate surface area is 180 Å². The van der Waals surface area contributed by atoms with E-state index < -0.39 is 29.8 Å². The molecule has 8 nitrogen and oxygen atoms in total. The minimum absolute atomic E-state index is 0.269. The topological polar surface area (TPSA) is 94.4 Å². The smallest absolute Gasteiger partial charge is 0.263 e. The van der Waals surface area contributed by atoms with Crippen LogP contribution in [-0.4, -0.2) is 41.4 Å². The average molecular weight is 453 g/mol. The SMILES string of the molecule is O=C(CN1N=N[C@@H]2C(=O)N(c3cccc(Cl)c3)C(=O)[C@H]21)Nc1ccc(Cl)cc1Cl. The average Bonchev–Trinajstić information content (AvgIpc) is 3.17. The fourth-order valence-electron chi connectivity index (χ4n) is 3.15. The summed E-state index contributed by atoms with van der Waals surface area (Å²) < 4.78 is 0. The number of fused-ring (bicyclic) bond motifs is 1. The van der Waals surface area contributed by atoms with Crippen LogP contribution < -0.4 is 10.2 Å². The molecule has 3 amide bonds. The second-order valence-electron chi connectivity index (χ2n) is 6.36. The summed E-state index contributed by atoms with van der Waals surface area (Å²) in [5.74, 6) is -1.52. The van der Waals surface area contributed by atoms with Crippen molar-refractivity contribution < 1.29 is 14.4 Å². The van der Waals surface area contributed by atoms with Gasteiger partial charge in [0, 0.05) is 10.0 Å². The molecule has 0 saturated carbocycles. The summed E-state index contributed by atoms with van der Waals surface area (Å²) in [6.07, 6.45) is 0. The van der Waals surface area contributed by atoms with Crippen LogP contribution in [0.1, 0.15) is 0 Å². The van der Waals surface area contributed by atoms with Crippen molar-refractivity contribution in [3.05, 3.63) is 57.5 Å². The molecule has 11 heteroatoms. The molecule has 2 aromatic rings. The van der Waals surface area contributed by atoms with Crippen LogP contribution in [0.4, 0.5) is 11.4 Å². The molecule has 2 aliphatic rings. The summed E-state index contributed by atoms with van der Waals surface area (Å²) in [5.41, 5.74) is 0.706. The number of imide groups is 1. The number of benzene rings is 2. The maximum Gasteiger partial charge on any atom is 0.263 e. The molecular weight excluding hydrogens is 441 g/mol. The molecule has 1 fully saturated rings. The zero-order valence-electron chi connectivity index (χ0n) is 14.6. The Hall–Kier alpha value is -2.68. The number of hydrogen-bond donors (Lipinski definition) is 1. The Bertz CT molecular complexity index is 1060. The van der Waals surface area contributed by atoms with Gasteiger partial charge in [-0.05, 0) is 36.4 Å². The van der Waals surface area contributed by atoms with E-state index in [-0.39, 0.29) is 11.6 Å². The van der Waals surface area contributed by atoms with E-state index in [0.717, 1.165) is 4.90 Å². The fraction of sp³-hybridized carbons (Fsp3) is 0.167. The van der Waals surface area contributed by atoms with Gasteiger partial charge in [0.15, 0.2) is 12.1 Å². The summed E-state index contributed by atoms with van der Waals surface area (Å²) in [6, 6.07) is 9.00. The highest BCUT2D eigenvalue weighted by Crippen LogP contribution is 2.33. The zero-order chi connectivity index (χ0) is 20.7. The largest absolute Gasteiger partial charge is 0.323 e. The Morgan fingerprint density at radius 3 is 2.52 bits per heavy atom. The molecule has 29 heavy (non-hydrogen) atoms. The van der Waals surface area contributed by atoms with E-state index >= 15 is 0 Å². The molecule has 148 valence electrons. The van der Waals surface area contributed by atoms with Crippen molar-refractivity contribution in [2.45, 2.75) is 12.1 Å². The zero-order valence-corrected chi connectivity index (χ0v) is 16.8. The molecule has 2 atom stereocenters. The van der Waals surface area contributed by atoms with Crippen LogP contribution in [-0.2, 0) is 14.4 Å². The quantitative estimate of drug-likeness (QED) is 0.717. The first-order valence-electron chi connectivity index (χ1n) is 8.41. The van der Waals surface area contributed by atoms with Gasteiger partial charge in [-0.1, -0.05) is 46.1 Å². The molecule has 2 aromatic carbocycles. The number of halogens is 3. The van der Waals surface area contributed by atoms with Gasteiger partial charge in [0.1, 0.15) is 6.54 Å². The third-order valence-corrected chi connectivity index (χ3v) is 5.22. The maximum absolute atomic E-state index is 12.9. The number of carbonyl (C=O) groups is 3. The number of carbonyl (C=O) groups excluding carboxylic acids is 3. The summed E-state index contributed by atoms with van der Waals surface area (Å²) >= 11 is 17.9. The number of rotatable bonds is 4. The minimum Gasteiger partial charge on any atom is -0.323 e. The van der Waals surface area contributed by atoms with Crippen molar-refractivity contribution in [2.75, 3.05) is 16.8 Å². The number of hydrogen-bond acceptors (Lipinski definition) is 6. The maximum atomic E-state index is 12.9. The lowest BCUT2D eigenvalue weighted by atomic mass is 10.1. The predicted molar refractivity (Wildman–Crippen MR) is 108 cm³/mol. The molecule has 1 N–H and O–H groups in total. The molecular formula is C18H12Cl3N5O3. The van der Waals surface area contributed by atoms with E-state index in [9.17, 15) is 14.4 Å². The highest BCUT2D eigenvalue weighted by atomic mass is 35.5. The van der Waals surface area contributed by atoms with Crippen LogP contribution in [0.15, 0.2) is 52.8 Å². The van der Waals surface area contributed by atoms with Gasteiger partial charge in [0.25, 0.3) is 11.8 Å². The third kappa shape index (κ3) is 3.66. The first kappa shape index (κ1) is 19.6. The van der Waals surface area contributed by atoms with Crippen LogP contribution in [0.2, 0.25) is 15.1 Å². The first-order valence-corrected chi connectivity index (χ1v) is 9.54. The number of anilines is 2. The normalized spacial score (nSPS) is 20.4. The lowest BCUT2D eigenvalue weighted by Crippen LogP contribution is -2.43. The lowest BCUT2D eigenvalue weighted by Gasteiger charge is -2.20. The van der Waals surface area contributed by atoms with E-state index in [1.807, 2.05) is 0 Å². The second-order valence-corrected chi connectivity index (χ2v) is 7.64. The fourth-order valence-corrected chi connectivity index (χ4v) is 3.79. The molecule has 0 spiro atoms. The number of nitrogens with zero attached hydrogens (tertiary/aromatic N) is 4. The van der Waals surface area contributed by atoms with Gasteiger partial charge in [-0.2, -0.15) is 5.11 Å². The molecule has 0 aliphatic carbocycles. The van der Waals surface area contributed by atoms with Gasteiger partial charge in [0.05, 0.1) is 16.4 Å². The second kappa shape index (κ2) is 7.62. The molecule has 0 aromatic heterocycles. The van der Waals surface area contributed by atoms with Gasteiger partial charge in [0.2, 0.25) is 5.91 Å².